The molecule has 1 fully saturated rings. The van der Waals surface area contributed by atoms with Gasteiger partial charge in [-0.2, -0.15) is 0 Å². The van der Waals surface area contributed by atoms with Crippen LogP contribution in [0.1, 0.15) is 30.4 Å². The first-order valence-electron chi connectivity index (χ1n) is 7.81. The van der Waals surface area contributed by atoms with Crippen LogP contribution in [0.2, 0.25) is 0 Å². The molecule has 0 N–H and O–H groups in total. The molecule has 0 aromatic heterocycles. The van der Waals surface area contributed by atoms with Gasteiger partial charge in [0.15, 0.2) is 0 Å². The summed E-state index contributed by atoms with van der Waals surface area (Å²) >= 11 is 0. The van der Waals surface area contributed by atoms with Crippen molar-refractivity contribution in [3.8, 4) is 0 Å². The molecule has 104 valence electrons. The molecular weight excluding hydrogens is 252 g/mol. The largest absolute Gasteiger partial charge is 0.0745 e. The predicted molar refractivity (Wildman–Crippen MR) is 88.2 cm³/mol. The van der Waals surface area contributed by atoms with E-state index < -0.39 is 0 Å². The first-order valence-corrected chi connectivity index (χ1v) is 7.81. The van der Waals surface area contributed by atoms with E-state index in [9.17, 15) is 0 Å². The Balaban J connectivity index is 1.85. The summed E-state index contributed by atoms with van der Waals surface area (Å²) in [5.41, 5.74) is 3.34. The van der Waals surface area contributed by atoms with Crippen LogP contribution in [-0.2, 0) is 5.41 Å². The van der Waals surface area contributed by atoms with Gasteiger partial charge in [-0.05, 0) is 30.4 Å². The van der Waals surface area contributed by atoms with Crippen LogP contribution in [0.3, 0.4) is 0 Å². The third-order valence-electron chi connectivity index (χ3n) is 5.27. The van der Waals surface area contributed by atoms with Gasteiger partial charge in [0.05, 0.1) is 0 Å². The van der Waals surface area contributed by atoms with Gasteiger partial charge < -0.3 is 0 Å². The van der Waals surface area contributed by atoms with Gasteiger partial charge in [0.1, 0.15) is 0 Å². The van der Waals surface area contributed by atoms with E-state index in [1.54, 1.807) is 0 Å². The quantitative estimate of drug-likeness (QED) is 0.698. The highest BCUT2D eigenvalue weighted by Crippen LogP contribution is 2.56. The first kappa shape index (κ1) is 12.6. The second kappa shape index (κ2) is 4.73. The summed E-state index contributed by atoms with van der Waals surface area (Å²) in [5, 5.41) is 0. The Hall–Kier alpha value is -2.08. The Morgan fingerprint density at radius 2 is 1.14 bits per heavy atom. The summed E-state index contributed by atoms with van der Waals surface area (Å²) in [6.45, 7) is 0. The van der Waals surface area contributed by atoms with E-state index in [2.05, 4.69) is 85.0 Å². The topological polar surface area (TPSA) is 0 Å². The van der Waals surface area contributed by atoms with Crippen LogP contribution in [-0.4, -0.2) is 0 Å². The Morgan fingerprint density at radius 1 is 0.619 bits per heavy atom. The molecule has 0 heterocycles. The van der Waals surface area contributed by atoms with E-state index >= 15 is 0 Å². The molecule has 0 amide bonds. The molecular formula is C21H20. The number of hydrogen-bond donors (Lipinski definition) is 0. The summed E-state index contributed by atoms with van der Waals surface area (Å²) in [4.78, 5) is 0. The minimum absolute atomic E-state index is 0.154. The van der Waals surface area contributed by atoms with Gasteiger partial charge in [0.2, 0.25) is 0 Å². The van der Waals surface area contributed by atoms with Crippen molar-refractivity contribution in [2.45, 2.75) is 24.7 Å². The van der Waals surface area contributed by atoms with Crippen LogP contribution in [0.4, 0.5) is 0 Å². The first-order chi connectivity index (χ1) is 10.3. The van der Waals surface area contributed by atoms with E-state index in [1.165, 1.54) is 30.4 Å². The second-order valence-corrected chi connectivity index (χ2v) is 6.44. The zero-order valence-corrected chi connectivity index (χ0v) is 12.2. The van der Waals surface area contributed by atoms with Crippen LogP contribution >= 0.6 is 0 Å². The fourth-order valence-electron chi connectivity index (χ4n) is 4.19. The molecule has 0 nitrogen and oxygen atoms in total. The van der Waals surface area contributed by atoms with Crippen molar-refractivity contribution < 1.29 is 0 Å². The molecule has 0 heteroatoms. The van der Waals surface area contributed by atoms with E-state index in [-0.39, 0.29) is 10.8 Å². The molecule has 21 heavy (non-hydrogen) atoms. The normalized spacial score (nSPS) is 21.1. The standard InChI is InChI=1S/C21H20/c1-3-9-18(10-4-1)21(19-11-5-2-6-12-19)16-15-20(17-21)13-7-8-14-20/h1-14H,15-17H2. The van der Waals surface area contributed by atoms with Crippen molar-refractivity contribution >= 4 is 0 Å². The lowest BCUT2D eigenvalue weighted by Gasteiger charge is -2.32. The zero-order valence-electron chi connectivity index (χ0n) is 12.2. The highest BCUT2D eigenvalue weighted by Gasteiger charge is 2.48. The molecule has 0 aliphatic heterocycles. The van der Waals surface area contributed by atoms with Crippen LogP contribution in [0.15, 0.2) is 85.0 Å². The predicted octanol–water partition coefficient (Wildman–Crippen LogP) is 5.27. The van der Waals surface area contributed by atoms with Gasteiger partial charge in [-0.15, -0.1) is 0 Å². The molecule has 4 rings (SSSR count). The fourth-order valence-corrected chi connectivity index (χ4v) is 4.19. The van der Waals surface area contributed by atoms with Gasteiger partial charge in [-0.3, -0.25) is 0 Å². The molecule has 0 radical (unpaired) electrons. The van der Waals surface area contributed by atoms with E-state index in [0.717, 1.165) is 0 Å². The van der Waals surface area contributed by atoms with Gasteiger partial charge in [0, 0.05) is 10.8 Å². The minimum atomic E-state index is 0.154. The molecule has 2 aromatic rings. The molecule has 0 unspecified atom stereocenters. The lowest BCUT2D eigenvalue weighted by Crippen LogP contribution is -2.26. The Labute approximate surface area is 126 Å². The maximum absolute atomic E-state index is 2.40. The van der Waals surface area contributed by atoms with Gasteiger partial charge in [-0.1, -0.05) is 85.0 Å². The third kappa shape index (κ3) is 1.98. The van der Waals surface area contributed by atoms with Crippen LogP contribution in [0, 0.1) is 5.41 Å². The molecule has 0 bridgehead atoms. The summed E-state index contributed by atoms with van der Waals surface area (Å²) in [6.07, 6.45) is 12.9. The van der Waals surface area contributed by atoms with E-state index in [1.807, 2.05) is 0 Å². The van der Waals surface area contributed by atoms with Crippen molar-refractivity contribution in [1.82, 2.24) is 0 Å². The molecule has 0 saturated heterocycles. The monoisotopic (exact) mass is 272 g/mol. The second-order valence-electron chi connectivity index (χ2n) is 6.44. The summed E-state index contributed by atoms with van der Waals surface area (Å²) in [6, 6.07) is 22.1. The van der Waals surface area contributed by atoms with Crippen molar-refractivity contribution in [3.05, 3.63) is 96.1 Å². The summed E-state index contributed by atoms with van der Waals surface area (Å²) in [7, 11) is 0. The average molecular weight is 272 g/mol. The smallest absolute Gasteiger partial charge is 0.0214 e. The number of benzene rings is 2. The minimum Gasteiger partial charge on any atom is -0.0745 e. The van der Waals surface area contributed by atoms with Crippen molar-refractivity contribution in [3.63, 3.8) is 0 Å². The summed E-state index contributed by atoms with van der Waals surface area (Å²) < 4.78 is 0. The van der Waals surface area contributed by atoms with E-state index in [4.69, 9.17) is 0 Å². The van der Waals surface area contributed by atoms with Gasteiger partial charge in [0.25, 0.3) is 0 Å². The molecule has 1 saturated carbocycles. The average Bonchev–Trinajstić information content (AvgIpc) is 3.18. The Bertz CT molecular complexity index is 625. The summed E-state index contributed by atoms with van der Waals surface area (Å²) in [5.74, 6) is 0. The lowest BCUT2D eigenvalue weighted by atomic mass is 9.71. The Morgan fingerprint density at radius 3 is 1.67 bits per heavy atom. The number of hydrogen-bond acceptors (Lipinski definition) is 0. The molecule has 0 atom stereocenters. The van der Waals surface area contributed by atoms with E-state index in [0.29, 0.717) is 0 Å². The van der Waals surface area contributed by atoms with Gasteiger partial charge >= 0.3 is 0 Å². The van der Waals surface area contributed by atoms with Crippen molar-refractivity contribution in [1.29, 1.82) is 0 Å². The molecule has 2 aliphatic carbocycles. The Kier molecular flexibility index (Phi) is 2.85. The van der Waals surface area contributed by atoms with Crippen LogP contribution in [0.5, 0.6) is 0 Å². The zero-order chi connectivity index (χ0) is 14.2. The number of allylic oxidation sites excluding steroid dienone is 4. The van der Waals surface area contributed by atoms with Gasteiger partial charge in [-0.25, -0.2) is 0 Å². The highest BCUT2D eigenvalue weighted by atomic mass is 14.5. The third-order valence-corrected chi connectivity index (χ3v) is 5.27. The van der Waals surface area contributed by atoms with Crippen molar-refractivity contribution in [2.24, 2.45) is 5.41 Å². The van der Waals surface area contributed by atoms with Crippen molar-refractivity contribution in [2.75, 3.05) is 0 Å². The molecule has 2 aromatic carbocycles. The SMILES string of the molecule is C1=CC2(C=C1)CCC(c1ccccc1)(c1ccccc1)C2. The molecule has 2 aliphatic rings. The number of rotatable bonds is 2. The molecule has 1 spiro atoms. The van der Waals surface area contributed by atoms with Crippen LogP contribution in [0.25, 0.3) is 0 Å². The fraction of sp³-hybridized carbons (Fsp3) is 0.238. The maximum atomic E-state index is 2.40. The maximum Gasteiger partial charge on any atom is 0.0214 e. The lowest BCUT2D eigenvalue weighted by molar-refractivity contribution is 0.462. The highest BCUT2D eigenvalue weighted by molar-refractivity contribution is 5.44. The van der Waals surface area contributed by atoms with Crippen LogP contribution < -0.4 is 0 Å².